The Bertz CT molecular complexity index is 475. The monoisotopic (exact) mass is 303 g/mol. The second-order valence-electron chi connectivity index (χ2n) is 7.41. The summed E-state index contributed by atoms with van der Waals surface area (Å²) >= 11 is 0. The van der Waals surface area contributed by atoms with Crippen molar-refractivity contribution in [1.82, 2.24) is 5.32 Å². The van der Waals surface area contributed by atoms with Crippen LogP contribution in [0.1, 0.15) is 58.4 Å². The van der Waals surface area contributed by atoms with Gasteiger partial charge in [0.25, 0.3) is 0 Å². The molecule has 1 aromatic carbocycles. The number of hydrogen-bond donors (Lipinski definition) is 2. The highest BCUT2D eigenvalue weighted by Gasteiger charge is 2.28. The summed E-state index contributed by atoms with van der Waals surface area (Å²) in [5.74, 6) is -0.758. The van der Waals surface area contributed by atoms with Crippen LogP contribution < -0.4 is 5.32 Å². The molecule has 0 bridgehead atoms. The van der Waals surface area contributed by atoms with Crippen LogP contribution >= 0.6 is 0 Å². The first-order chi connectivity index (χ1) is 10.4. The molecule has 0 spiro atoms. The van der Waals surface area contributed by atoms with Crippen LogP contribution in [0.25, 0.3) is 0 Å². The number of hydrogen-bond acceptors (Lipinski definition) is 2. The second-order valence-corrected chi connectivity index (χ2v) is 7.41. The number of carbonyl (C=O) groups is 1. The van der Waals surface area contributed by atoms with Crippen molar-refractivity contribution in [3.63, 3.8) is 0 Å². The zero-order valence-electron chi connectivity index (χ0n) is 14.0. The topological polar surface area (TPSA) is 49.3 Å². The molecule has 22 heavy (non-hydrogen) atoms. The average Bonchev–Trinajstić information content (AvgIpc) is 2.48. The van der Waals surface area contributed by atoms with Gasteiger partial charge in [0.1, 0.15) is 0 Å². The molecule has 1 fully saturated rings. The first-order valence-electron chi connectivity index (χ1n) is 8.43. The Balaban J connectivity index is 1.83. The molecule has 1 aromatic rings. The molecule has 0 aliphatic heterocycles. The van der Waals surface area contributed by atoms with Gasteiger partial charge in [0.15, 0.2) is 0 Å². The summed E-state index contributed by atoms with van der Waals surface area (Å²) < 4.78 is 0. The van der Waals surface area contributed by atoms with Gasteiger partial charge in [-0.2, -0.15) is 0 Å². The van der Waals surface area contributed by atoms with Gasteiger partial charge in [0, 0.05) is 12.1 Å². The van der Waals surface area contributed by atoms with E-state index >= 15 is 0 Å². The molecule has 0 saturated heterocycles. The molecule has 1 atom stereocenters. The smallest absolute Gasteiger partial charge is 0.306 e. The van der Waals surface area contributed by atoms with Crippen molar-refractivity contribution < 1.29 is 9.90 Å². The highest BCUT2D eigenvalue weighted by Crippen LogP contribution is 2.29. The van der Waals surface area contributed by atoms with Crippen molar-refractivity contribution >= 4 is 5.97 Å². The Morgan fingerprint density at radius 3 is 2.36 bits per heavy atom. The van der Waals surface area contributed by atoms with Gasteiger partial charge in [-0.25, -0.2) is 0 Å². The lowest BCUT2D eigenvalue weighted by molar-refractivity contribution is -0.142. The fraction of sp³-hybridized carbons (Fsp3) is 0.632. The van der Waals surface area contributed by atoms with Gasteiger partial charge >= 0.3 is 5.97 Å². The number of aliphatic carboxylic acids is 1. The number of carboxylic acids is 1. The molecule has 2 rings (SSSR count). The van der Waals surface area contributed by atoms with Crippen LogP contribution in [0.5, 0.6) is 0 Å². The van der Waals surface area contributed by atoms with Crippen molar-refractivity contribution in [3.05, 3.63) is 35.9 Å². The molecule has 1 aliphatic rings. The fourth-order valence-electron chi connectivity index (χ4n) is 3.74. The van der Waals surface area contributed by atoms with Crippen LogP contribution in [0.3, 0.4) is 0 Å². The van der Waals surface area contributed by atoms with Crippen LogP contribution in [0.15, 0.2) is 30.3 Å². The van der Waals surface area contributed by atoms with Crippen molar-refractivity contribution in [1.29, 1.82) is 0 Å². The van der Waals surface area contributed by atoms with E-state index < -0.39 is 5.97 Å². The second kappa shape index (κ2) is 7.28. The first-order valence-corrected chi connectivity index (χ1v) is 8.43. The fourth-order valence-corrected chi connectivity index (χ4v) is 3.74. The Labute approximate surface area is 134 Å². The molecule has 1 saturated carbocycles. The SMILES string of the molecule is CC(CC(C)(C)c1ccccc1)NC1CCC(C(=O)O)CC1. The lowest BCUT2D eigenvalue weighted by atomic mass is 9.79. The molecule has 122 valence electrons. The summed E-state index contributed by atoms with van der Waals surface area (Å²) in [6.45, 7) is 6.83. The molecule has 1 aliphatic carbocycles. The summed E-state index contributed by atoms with van der Waals surface area (Å²) in [6, 6.07) is 11.6. The van der Waals surface area contributed by atoms with Crippen molar-refractivity contribution in [2.24, 2.45) is 5.92 Å². The van der Waals surface area contributed by atoms with E-state index in [1.807, 2.05) is 0 Å². The molecular formula is C19H29NO2. The molecule has 2 N–H and O–H groups in total. The molecule has 0 heterocycles. The number of nitrogens with one attached hydrogen (secondary N) is 1. The first kappa shape index (κ1) is 17.0. The predicted molar refractivity (Wildman–Crippen MR) is 90.1 cm³/mol. The Morgan fingerprint density at radius 2 is 1.82 bits per heavy atom. The van der Waals surface area contributed by atoms with E-state index in [9.17, 15) is 4.79 Å². The summed E-state index contributed by atoms with van der Waals surface area (Å²) in [6.07, 6.45) is 4.65. The highest BCUT2D eigenvalue weighted by atomic mass is 16.4. The van der Waals surface area contributed by atoms with Crippen molar-refractivity contribution in [3.8, 4) is 0 Å². The van der Waals surface area contributed by atoms with E-state index in [0.29, 0.717) is 12.1 Å². The summed E-state index contributed by atoms with van der Waals surface area (Å²) in [5, 5.41) is 12.8. The standard InChI is InChI=1S/C19H29NO2/c1-14(13-19(2,3)16-7-5-4-6-8-16)20-17-11-9-15(10-12-17)18(21)22/h4-8,14-15,17,20H,9-13H2,1-3H3,(H,21,22). The third kappa shape index (κ3) is 4.57. The zero-order valence-corrected chi connectivity index (χ0v) is 14.0. The predicted octanol–water partition coefficient (Wildman–Crippen LogP) is 3.98. The summed E-state index contributed by atoms with van der Waals surface area (Å²) in [7, 11) is 0. The third-order valence-electron chi connectivity index (χ3n) is 4.97. The average molecular weight is 303 g/mol. The van der Waals surface area contributed by atoms with Gasteiger partial charge in [0.2, 0.25) is 0 Å². The summed E-state index contributed by atoms with van der Waals surface area (Å²) in [5.41, 5.74) is 1.52. The largest absolute Gasteiger partial charge is 0.481 e. The van der Waals surface area contributed by atoms with Crippen molar-refractivity contribution in [2.75, 3.05) is 0 Å². The normalized spacial score (nSPS) is 24.0. The van der Waals surface area contributed by atoms with Gasteiger partial charge in [-0.15, -0.1) is 0 Å². The maximum absolute atomic E-state index is 11.0. The minimum atomic E-state index is -0.628. The lowest BCUT2D eigenvalue weighted by Crippen LogP contribution is -2.42. The van der Waals surface area contributed by atoms with Gasteiger partial charge in [0.05, 0.1) is 5.92 Å². The Kier molecular flexibility index (Phi) is 5.63. The van der Waals surface area contributed by atoms with E-state index in [1.54, 1.807) is 0 Å². The van der Waals surface area contributed by atoms with Gasteiger partial charge in [-0.05, 0) is 50.0 Å². The zero-order chi connectivity index (χ0) is 16.2. The maximum atomic E-state index is 11.0. The van der Waals surface area contributed by atoms with Crippen molar-refractivity contribution in [2.45, 2.75) is 70.4 Å². The van der Waals surface area contributed by atoms with E-state index in [4.69, 9.17) is 5.11 Å². The van der Waals surface area contributed by atoms with Gasteiger partial charge < -0.3 is 10.4 Å². The highest BCUT2D eigenvalue weighted by molar-refractivity contribution is 5.70. The molecule has 0 radical (unpaired) electrons. The minimum absolute atomic E-state index is 0.130. The molecule has 0 amide bonds. The summed E-state index contributed by atoms with van der Waals surface area (Å²) in [4.78, 5) is 11.0. The Morgan fingerprint density at radius 1 is 1.23 bits per heavy atom. The third-order valence-corrected chi connectivity index (χ3v) is 4.97. The molecule has 3 heteroatoms. The number of rotatable bonds is 6. The molecule has 3 nitrogen and oxygen atoms in total. The van der Waals surface area contributed by atoms with Crippen LogP contribution in [0.4, 0.5) is 0 Å². The van der Waals surface area contributed by atoms with Crippen LogP contribution in [0, 0.1) is 5.92 Å². The maximum Gasteiger partial charge on any atom is 0.306 e. The van der Waals surface area contributed by atoms with Crippen LogP contribution in [0.2, 0.25) is 0 Å². The minimum Gasteiger partial charge on any atom is -0.481 e. The van der Waals surface area contributed by atoms with E-state index in [1.165, 1.54) is 5.56 Å². The quantitative estimate of drug-likeness (QED) is 0.836. The van der Waals surface area contributed by atoms with Crippen LogP contribution in [-0.4, -0.2) is 23.2 Å². The molecular weight excluding hydrogens is 274 g/mol. The van der Waals surface area contributed by atoms with Crippen LogP contribution in [-0.2, 0) is 10.2 Å². The van der Waals surface area contributed by atoms with Gasteiger partial charge in [-0.1, -0.05) is 44.2 Å². The lowest BCUT2D eigenvalue weighted by Gasteiger charge is -2.33. The van der Waals surface area contributed by atoms with E-state index in [-0.39, 0.29) is 11.3 Å². The molecule has 1 unspecified atom stereocenters. The van der Waals surface area contributed by atoms with Gasteiger partial charge in [-0.3, -0.25) is 4.79 Å². The molecule has 0 aromatic heterocycles. The number of benzene rings is 1. The Hall–Kier alpha value is -1.35. The number of carboxylic acid groups (broad SMARTS) is 1. The van der Waals surface area contributed by atoms with E-state index in [2.05, 4.69) is 56.4 Å². The van der Waals surface area contributed by atoms with E-state index in [0.717, 1.165) is 32.1 Å².